The smallest absolute Gasteiger partial charge is 0.255 e. The van der Waals surface area contributed by atoms with Crippen LogP contribution in [0.5, 0.6) is 5.75 Å². The zero-order valence-corrected chi connectivity index (χ0v) is 16.3. The molecule has 0 atom stereocenters. The Morgan fingerprint density at radius 2 is 1.79 bits per heavy atom. The van der Waals surface area contributed by atoms with Crippen LogP contribution >= 0.6 is 0 Å². The van der Waals surface area contributed by atoms with E-state index in [9.17, 15) is 4.79 Å². The molecule has 6 heteroatoms. The van der Waals surface area contributed by atoms with Crippen molar-refractivity contribution in [2.75, 3.05) is 61.6 Å². The van der Waals surface area contributed by atoms with Crippen molar-refractivity contribution in [3.05, 3.63) is 48.0 Å². The van der Waals surface area contributed by atoms with Gasteiger partial charge < -0.3 is 24.6 Å². The number of rotatable bonds is 5. The van der Waals surface area contributed by atoms with E-state index < -0.39 is 0 Å². The lowest BCUT2D eigenvalue weighted by Crippen LogP contribution is -2.36. The lowest BCUT2D eigenvalue weighted by atomic mass is 10.1. The molecule has 2 aliphatic rings. The second kappa shape index (κ2) is 8.52. The number of amides is 1. The highest BCUT2D eigenvalue weighted by molar-refractivity contribution is 6.06. The third kappa shape index (κ3) is 4.07. The molecule has 0 unspecified atom stereocenters. The maximum atomic E-state index is 12.9. The van der Waals surface area contributed by atoms with Gasteiger partial charge in [-0.3, -0.25) is 4.79 Å². The van der Waals surface area contributed by atoms with E-state index in [1.807, 2.05) is 12.1 Å². The Bertz CT molecular complexity index is 828. The molecule has 148 valence electrons. The van der Waals surface area contributed by atoms with Crippen molar-refractivity contribution in [1.82, 2.24) is 0 Å². The van der Waals surface area contributed by atoms with Gasteiger partial charge in [0.15, 0.2) is 0 Å². The van der Waals surface area contributed by atoms with Gasteiger partial charge in [0, 0.05) is 37.4 Å². The zero-order valence-electron chi connectivity index (χ0n) is 16.3. The summed E-state index contributed by atoms with van der Waals surface area (Å²) in [4.78, 5) is 17.6. The average Bonchev–Trinajstić information content (AvgIpc) is 3.29. The molecule has 1 amide bonds. The molecule has 2 aromatic carbocycles. The minimum atomic E-state index is -0.132. The Hall–Kier alpha value is -2.73. The number of hydrogen-bond donors (Lipinski definition) is 1. The molecule has 2 saturated heterocycles. The molecular weight excluding hydrogens is 354 g/mol. The minimum Gasteiger partial charge on any atom is -0.497 e. The van der Waals surface area contributed by atoms with Gasteiger partial charge in [0.05, 0.1) is 31.7 Å². The second-order valence-electron chi connectivity index (χ2n) is 7.18. The van der Waals surface area contributed by atoms with E-state index in [2.05, 4.69) is 33.3 Å². The molecule has 6 nitrogen and oxygen atoms in total. The Balaban J connectivity index is 1.63. The van der Waals surface area contributed by atoms with Gasteiger partial charge in [-0.15, -0.1) is 0 Å². The van der Waals surface area contributed by atoms with Crippen LogP contribution in [0.3, 0.4) is 0 Å². The van der Waals surface area contributed by atoms with E-state index in [1.54, 1.807) is 19.2 Å². The van der Waals surface area contributed by atoms with Gasteiger partial charge in [0.25, 0.3) is 5.91 Å². The Labute approximate surface area is 166 Å². The molecule has 0 saturated carbocycles. The molecule has 4 rings (SSSR count). The van der Waals surface area contributed by atoms with Gasteiger partial charge in [0.1, 0.15) is 5.75 Å². The maximum absolute atomic E-state index is 12.9. The molecule has 28 heavy (non-hydrogen) atoms. The summed E-state index contributed by atoms with van der Waals surface area (Å²) in [5, 5.41) is 3.14. The molecule has 0 aliphatic carbocycles. The monoisotopic (exact) mass is 381 g/mol. The van der Waals surface area contributed by atoms with E-state index >= 15 is 0 Å². The minimum absolute atomic E-state index is 0.132. The first-order valence-corrected chi connectivity index (χ1v) is 9.92. The number of carbonyl (C=O) groups is 1. The highest BCUT2D eigenvalue weighted by Crippen LogP contribution is 2.33. The Morgan fingerprint density at radius 1 is 1.00 bits per heavy atom. The van der Waals surface area contributed by atoms with Crippen LogP contribution in [-0.4, -0.2) is 52.4 Å². The standard InChI is InChI=1S/C22H27N3O3/c1-27-19-6-4-5-17(15-19)22(26)23-20-16-18(24-9-2-3-10-24)7-8-21(20)25-11-13-28-14-12-25/h4-8,15-16H,2-3,9-14H2,1H3,(H,23,26). The fourth-order valence-corrected chi connectivity index (χ4v) is 3.83. The molecule has 0 bridgehead atoms. The molecule has 0 aromatic heterocycles. The van der Waals surface area contributed by atoms with Crippen molar-refractivity contribution >= 4 is 23.0 Å². The van der Waals surface area contributed by atoms with Crippen LogP contribution in [-0.2, 0) is 4.74 Å². The second-order valence-corrected chi connectivity index (χ2v) is 7.18. The highest BCUT2D eigenvalue weighted by Gasteiger charge is 2.20. The third-order valence-corrected chi connectivity index (χ3v) is 5.38. The van der Waals surface area contributed by atoms with Gasteiger partial charge in [-0.2, -0.15) is 0 Å². The summed E-state index contributed by atoms with van der Waals surface area (Å²) >= 11 is 0. The van der Waals surface area contributed by atoms with E-state index in [0.717, 1.165) is 43.2 Å². The molecule has 1 N–H and O–H groups in total. The Kier molecular flexibility index (Phi) is 5.67. The topological polar surface area (TPSA) is 54.0 Å². The lowest BCUT2D eigenvalue weighted by Gasteiger charge is -2.31. The molecular formula is C22H27N3O3. The van der Waals surface area contributed by atoms with Crippen LogP contribution in [0.4, 0.5) is 17.1 Å². The number of methoxy groups -OCH3 is 1. The SMILES string of the molecule is COc1cccc(C(=O)Nc2cc(N3CCCC3)ccc2N2CCOCC2)c1. The van der Waals surface area contributed by atoms with Crippen molar-refractivity contribution in [2.45, 2.75) is 12.8 Å². The highest BCUT2D eigenvalue weighted by atomic mass is 16.5. The van der Waals surface area contributed by atoms with Crippen molar-refractivity contribution in [3.8, 4) is 5.75 Å². The normalized spacial score (nSPS) is 16.9. The summed E-state index contributed by atoms with van der Waals surface area (Å²) in [6.45, 7) is 5.20. The summed E-state index contributed by atoms with van der Waals surface area (Å²) in [5.41, 5.74) is 3.64. The van der Waals surface area contributed by atoms with E-state index in [0.29, 0.717) is 24.5 Å². The molecule has 0 radical (unpaired) electrons. The summed E-state index contributed by atoms with van der Waals surface area (Å²) < 4.78 is 10.7. The first-order chi connectivity index (χ1) is 13.7. The third-order valence-electron chi connectivity index (χ3n) is 5.38. The van der Waals surface area contributed by atoms with Crippen LogP contribution in [0.1, 0.15) is 23.2 Å². The molecule has 2 fully saturated rings. The van der Waals surface area contributed by atoms with Crippen LogP contribution in [0.2, 0.25) is 0 Å². The van der Waals surface area contributed by atoms with Crippen LogP contribution < -0.4 is 19.9 Å². The average molecular weight is 381 g/mol. The molecule has 2 heterocycles. The van der Waals surface area contributed by atoms with E-state index in [-0.39, 0.29) is 5.91 Å². The summed E-state index contributed by atoms with van der Waals surface area (Å²) in [7, 11) is 1.60. The Morgan fingerprint density at radius 3 is 2.54 bits per heavy atom. The van der Waals surface area contributed by atoms with Crippen molar-refractivity contribution < 1.29 is 14.3 Å². The number of carbonyl (C=O) groups excluding carboxylic acids is 1. The number of nitrogens with one attached hydrogen (secondary N) is 1. The predicted octanol–water partition coefficient (Wildman–Crippen LogP) is 3.38. The summed E-state index contributed by atoms with van der Waals surface area (Å²) in [6.07, 6.45) is 2.44. The van der Waals surface area contributed by atoms with Crippen LogP contribution in [0.25, 0.3) is 0 Å². The molecule has 2 aliphatic heterocycles. The summed E-state index contributed by atoms with van der Waals surface area (Å²) in [6, 6.07) is 13.6. The molecule has 2 aromatic rings. The predicted molar refractivity (Wildman–Crippen MR) is 112 cm³/mol. The first kappa shape index (κ1) is 18.6. The fraction of sp³-hybridized carbons (Fsp3) is 0.409. The van der Waals surface area contributed by atoms with E-state index in [1.165, 1.54) is 12.8 Å². The van der Waals surface area contributed by atoms with Crippen molar-refractivity contribution in [3.63, 3.8) is 0 Å². The zero-order chi connectivity index (χ0) is 19.3. The van der Waals surface area contributed by atoms with Crippen LogP contribution in [0.15, 0.2) is 42.5 Å². The number of benzene rings is 2. The van der Waals surface area contributed by atoms with E-state index in [4.69, 9.17) is 9.47 Å². The lowest BCUT2D eigenvalue weighted by molar-refractivity contribution is 0.102. The number of ether oxygens (including phenoxy) is 2. The van der Waals surface area contributed by atoms with Crippen molar-refractivity contribution in [1.29, 1.82) is 0 Å². The number of morpholine rings is 1. The largest absolute Gasteiger partial charge is 0.497 e. The van der Waals surface area contributed by atoms with Gasteiger partial charge in [0.2, 0.25) is 0 Å². The van der Waals surface area contributed by atoms with Crippen molar-refractivity contribution in [2.24, 2.45) is 0 Å². The number of anilines is 3. The first-order valence-electron chi connectivity index (χ1n) is 9.92. The quantitative estimate of drug-likeness (QED) is 0.860. The number of nitrogens with zero attached hydrogens (tertiary/aromatic N) is 2. The van der Waals surface area contributed by atoms with Gasteiger partial charge in [-0.1, -0.05) is 6.07 Å². The van der Waals surface area contributed by atoms with Gasteiger partial charge >= 0.3 is 0 Å². The van der Waals surface area contributed by atoms with Gasteiger partial charge in [-0.05, 0) is 49.2 Å². The van der Waals surface area contributed by atoms with Crippen LogP contribution in [0, 0.1) is 0 Å². The fourth-order valence-electron chi connectivity index (χ4n) is 3.83. The summed E-state index contributed by atoms with van der Waals surface area (Å²) in [5.74, 6) is 0.541. The van der Waals surface area contributed by atoms with Gasteiger partial charge in [-0.25, -0.2) is 0 Å². The number of hydrogen-bond acceptors (Lipinski definition) is 5. The molecule has 0 spiro atoms. The maximum Gasteiger partial charge on any atom is 0.255 e.